The van der Waals surface area contributed by atoms with Crippen molar-refractivity contribution < 1.29 is 10.2 Å². The summed E-state index contributed by atoms with van der Waals surface area (Å²) in [5, 5.41) is 17.5. The molecule has 0 aromatic heterocycles. The smallest absolute Gasteiger partial charge is 0.182 e. The topological polar surface area (TPSA) is 40.5 Å². The summed E-state index contributed by atoms with van der Waals surface area (Å²) in [4.78, 5) is 0. The fourth-order valence-corrected chi connectivity index (χ4v) is 0.470. The zero-order valence-electron chi connectivity index (χ0n) is 5.09. The van der Waals surface area contributed by atoms with Crippen molar-refractivity contribution in [3.8, 4) is 0 Å². The summed E-state index contributed by atoms with van der Waals surface area (Å²) in [6.45, 7) is 5.13. The van der Waals surface area contributed by atoms with E-state index in [1.54, 1.807) is 0 Å². The molecule has 0 amide bonds. The van der Waals surface area contributed by atoms with Gasteiger partial charge in [-0.05, 0) is 6.08 Å². The Morgan fingerprint density at radius 2 is 2.12 bits per heavy atom. The van der Waals surface area contributed by atoms with Gasteiger partial charge in [-0.15, -0.1) is 0 Å². The van der Waals surface area contributed by atoms with E-state index in [2.05, 4.69) is 6.58 Å². The molecule has 0 saturated carbocycles. The minimum absolute atomic E-state index is 0.358. The van der Waals surface area contributed by atoms with Gasteiger partial charge in [0.1, 0.15) is 0 Å². The summed E-state index contributed by atoms with van der Waals surface area (Å²) in [7, 11) is 0. The average molecular weight is 116 g/mol. The molecule has 0 fully saturated rings. The van der Waals surface area contributed by atoms with Crippen LogP contribution in [0.15, 0.2) is 12.7 Å². The fraction of sp³-hybridized carbons (Fsp3) is 0.667. The van der Waals surface area contributed by atoms with Crippen molar-refractivity contribution in [3.05, 3.63) is 12.7 Å². The van der Waals surface area contributed by atoms with Crippen LogP contribution in [-0.2, 0) is 0 Å². The first-order valence-electron chi connectivity index (χ1n) is 2.70. The molecule has 0 rings (SSSR count). The van der Waals surface area contributed by atoms with Crippen LogP contribution in [0.3, 0.4) is 0 Å². The van der Waals surface area contributed by atoms with Crippen molar-refractivity contribution in [1.29, 1.82) is 0 Å². The third-order valence-corrected chi connectivity index (χ3v) is 0.945. The minimum Gasteiger partial charge on any atom is -0.362 e. The third kappa shape index (κ3) is 2.77. The number of rotatable bonds is 3. The molecule has 2 N–H and O–H groups in total. The van der Waals surface area contributed by atoms with Gasteiger partial charge in [0.2, 0.25) is 0 Å². The summed E-state index contributed by atoms with van der Waals surface area (Å²) < 4.78 is 0. The first kappa shape index (κ1) is 7.66. The molecule has 0 unspecified atom stereocenters. The third-order valence-electron chi connectivity index (χ3n) is 0.945. The Morgan fingerprint density at radius 1 is 1.62 bits per heavy atom. The maximum atomic E-state index is 8.76. The predicted octanol–water partition coefficient (Wildman–Crippen LogP) is 0.653. The van der Waals surface area contributed by atoms with Gasteiger partial charge >= 0.3 is 0 Å². The lowest BCUT2D eigenvalue weighted by atomic mass is 10.1. The monoisotopic (exact) mass is 116 g/mol. The molecular weight excluding hydrogens is 104 g/mol. The molecule has 2 nitrogen and oxygen atoms in total. The Kier molecular flexibility index (Phi) is 2.72. The lowest BCUT2D eigenvalue weighted by molar-refractivity contribution is -0.122. The molecular formula is C6H12O2. The van der Waals surface area contributed by atoms with Crippen molar-refractivity contribution in [2.24, 2.45) is 0 Å². The molecule has 0 aliphatic rings. The Morgan fingerprint density at radius 3 is 2.25 bits per heavy atom. The predicted molar refractivity (Wildman–Crippen MR) is 32.3 cm³/mol. The van der Waals surface area contributed by atoms with Crippen LogP contribution in [0.4, 0.5) is 0 Å². The summed E-state index contributed by atoms with van der Waals surface area (Å²) in [5.74, 6) is -1.64. The van der Waals surface area contributed by atoms with Gasteiger partial charge in [-0.25, -0.2) is 0 Å². The molecule has 0 aromatic rings. The van der Waals surface area contributed by atoms with Crippen molar-refractivity contribution in [2.45, 2.75) is 25.6 Å². The maximum absolute atomic E-state index is 8.76. The molecule has 0 heterocycles. The molecule has 0 bridgehead atoms. The van der Waals surface area contributed by atoms with Gasteiger partial charge < -0.3 is 10.2 Å². The first-order valence-corrected chi connectivity index (χ1v) is 2.70. The summed E-state index contributed by atoms with van der Waals surface area (Å²) in [6.07, 6.45) is 2.24. The highest BCUT2D eigenvalue weighted by Gasteiger charge is 2.14. The Labute approximate surface area is 49.5 Å². The van der Waals surface area contributed by atoms with Gasteiger partial charge in [0.25, 0.3) is 0 Å². The van der Waals surface area contributed by atoms with Crippen LogP contribution in [0.25, 0.3) is 0 Å². The molecule has 0 saturated heterocycles. The number of hydrogen-bond donors (Lipinski definition) is 2. The van der Waals surface area contributed by atoms with Crippen LogP contribution in [0.2, 0.25) is 0 Å². The van der Waals surface area contributed by atoms with Gasteiger partial charge in [0.15, 0.2) is 5.79 Å². The van der Waals surface area contributed by atoms with E-state index in [1.807, 2.05) is 6.92 Å². The number of hydrogen-bond acceptors (Lipinski definition) is 2. The van der Waals surface area contributed by atoms with Gasteiger partial charge in [-0.1, -0.05) is 19.9 Å². The average Bonchev–Trinajstić information content (AvgIpc) is 1.67. The summed E-state index contributed by atoms with van der Waals surface area (Å²) in [5.41, 5.74) is 0. The SMILES string of the molecule is C=CC(O)(O)CCC. The Bertz CT molecular complexity index is 76.6. The van der Waals surface area contributed by atoms with E-state index < -0.39 is 5.79 Å². The summed E-state index contributed by atoms with van der Waals surface area (Å²) in [6, 6.07) is 0. The van der Waals surface area contributed by atoms with Gasteiger partial charge in [-0.3, -0.25) is 0 Å². The Balaban J connectivity index is 3.53. The van der Waals surface area contributed by atoms with Gasteiger partial charge in [0, 0.05) is 6.42 Å². The molecule has 0 atom stereocenters. The molecule has 0 aliphatic heterocycles. The lowest BCUT2D eigenvalue weighted by Gasteiger charge is -2.14. The Hall–Kier alpha value is -0.340. The normalized spacial score (nSPS) is 11.4. The second-order valence-corrected chi connectivity index (χ2v) is 1.83. The van der Waals surface area contributed by atoms with Crippen LogP contribution >= 0.6 is 0 Å². The maximum Gasteiger partial charge on any atom is 0.182 e. The zero-order chi connectivity index (χ0) is 6.62. The highest BCUT2D eigenvalue weighted by atomic mass is 16.5. The van der Waals surface area contributed by atoms with Crippen LogP contribution in [0.5, 0.6) is 0 Å². The zero-order valence-corrected chi connectivity index (χ0v) is 5.09. The quantitative estimate of drug-likeness (QED) is 0.420. The second-order valence-electron chi connectivity index (χ2n) is 1.83. The molecule has 2 heteroatoms. The fourth-order valence-electron chi connectivity index (χ4n) is 0.470. The van der Waals surface area contributed by atoms with E-state index >= 15 is 0 Å². The van der Waals surface area contributed by atoms with E-state index in [9.17, 15) is 0 Å². The van der Waals surface area contributed by atoms with Crippen LogP contribution in [0, 0.1) is 0 Å². The summed E-state index contributed by atoms with van der Waals surface area (Å²) >= 11 is 0. The van der Waals surface area contributed by atoms with E-state index in [1.165, 1.54) is 0 Å². The van der Waals surface area contributed by atoms with E-state index in [-0.39, 0.29) is 0 Å². The molecule has 8 heavy (non-hydrogen) atoms. The van der Waals surface area contributed by atoms with Crippen LogP contribution in [-0.4, -0.2) is 16.0 Å². The molecule has 0 aromatic carbocycles. The number of aliphatic hydroxyl groups is 2. The van der Waals surface area contributed by atoms with E-state index in [4.69, 9.17) is 10.2 Å². The largest absolute Gasteiger partial charge is 0.362 e. The minimum atomic E-state index is -1.64. The van der Waals surface area contributed by atoms with Crippen molar-refractivity contribution in [3.63, 3.8) is 0 Å². The standard InChI is InChI=1S/C6H12O2/c1-3-5-6(7,8)4-2/h4,7-8H,2-3,5H2,1H3. The highest BCUT2D eigenvalue weighted by molar-refractivity contribution is 4.84. The second kappa shape index (κ2) is 2.84. The highest BCUT2D eigenvalue weighted by Crippen LogP contribution is 2.07. The van der Waals surface area contributed by atoms with Crippen LogP contribution < -0.4 is 0 Å². The van der Waals surface area contributed by atoms with Crippen LogP contribution in [0.1, 0.15) is 19.8 Å². The van der Waals surface area contributed by atoms with Gasteiger partial charge in [0.05, 0.1) is 0 Å². The van der Waals surface area contributed by atoms with Crippen molar-refractivity contribution in [2.75, 3.05) is 0 Å². The van der Waals surface area contributed by atoms with E-state index in [0.717, 1.165) is 12.5 Å². The van der Waals surface area contributed by atoms with Gasteiger partial charge in [-0.2, -0.15) is 0 Å². The molecule has 48 valence electrons. The lowest BCUT2D eigenvalue weighted by Crippen LogP contribution is -2.23. The molecule has 0 aliphatic carbocycles. The van der Waals surface area contributed by atoms with E-state index in [0.29, 0.717) is 6.42 Å². The molecule has 0 radical (unpaired) electrons. The first-order chi connectivity index (χ1) is 3.62. The van der Waals surface area contributed by atoms with Crippen molar-refractivity contribution >= 4 is 0 Å². The molecule has 0 spiro atoms. The van der Waals surface area contributed by atoms with Crippen molar-refractivity contribution in [1.82, 2.24) is 0 Å².